The van der Waals surface area contributed by atoms with E-state index in [0.717, 1.165) is 0 Å². The second kappa shape index (κ2) is 5.23. The Balaban J connectivity index is 3.04. The molecule has 0 saturated heterocycles. The van der Waals surface area contributed by atoms with Gasteiger partial charge in [-0.1, -0.05) is 30.8 Å². The molecule has 1 rings (SSSR count). The fourth-order valence-electron chi connectivity index (χ4n) is 1.30. The lowest BCUT2D eigenvalue weighted by molar-refractivity contribution is -0.137. The van der Waals surface area contributed by atoms with Gasteiger partial charge in [-0.25, -0.2) is 4.79 Å². The SMILES string of the molecule is C=C(C(=O)OC)C(O)c1ccccc1C=O. The number of esters is 1. The molecule has 0 aliphatic rings. The molecule has 4 heteroatoms. The molecule has 0 aromatic heterocycles. The molecule has 16 heavy (non-hydrogen) atoms. The molecule has 0 bridgehead atoms. The van der Waals surface area contributed by atoms with Crippen molar-refractivity contribution in [3.63, 3.8) is 0 Å². The smallest absolute Gasteiger partial charge is 0.336 e. The number of aliphatic hydroxyl groups excluding tert-OH is 1. The normalized spacial score (nSPS) is 11.6. The minimum atomic E-state index is -1.23. The third-order valence-corrected chi connectivity index (χ3v) is 2.20. The summed E-state index contributed by atoms with van der Waals surface area (Å²) in [5, 5.41) is 9.84. The first kappa shape index (κ1) is 12.1. The summed E-state index contributed by atoms with van der Waals surface area (Å²) in [6.07, 6.45) is -0.614. The van der Waals surface area contributed by atoms with E-state index in [1.54, 1.807) is 24.3 Å². The Hall–Kier alpha value is -1.94. The summed E-state index contributed by atoms with van der Waals surface area (Å²) in [5.41, 5.74) is 0.560. The van der Waals surface area contributed by atoms with E-state index in [1.165, 1.54) is 7.11 Å². The van der Waals surface area contributed by atoms with Crippen LogP contribution in [-0.2, 0) is 9.53 Å². The van der Waals surface area contributed by atoms with Gasteiger partial charge in [-0.2, -0.15) is 0 Å². The van der Waals surface area contributed by atoms with Crippen LogP contribution in [0, 0.1) is 0 Å². The van der Waals surface area contributed by atoms with E-state index < -0.39 is 12.1 Å². The van der Waals surface area contributed by atoms with Crippen LogP contribution in [0.2, 0.25) is 0 Å². The number of ether oxygens (including phenoxy) is 1. The Kier molecular flexibility index (Phi) is 3.96. The highest BCUT2D eigenvalue weighted by Crippen LogP contribution is 2.23. The van der Waals surface area contributed by atoms with E-state index in [0.29, 0.717) is 17.4 Å². The van der Waals surface area contributed by atoms with Crippen molar-refractivity contribution < 1.29 is 19.4 Å². The van der Waals surface area contributed by atoms with Gasteiger partial charge >= 0.3 is 5.97 Å². The van der Waals surface area contributed by atoms with Crippen molar-refractivity contribution >= 4 is 12.3 Å². The Labute approximate surface area is 93.2 Å². The monoisotopic (exact) mass is 220 g/mol. The van der Waals surface area contributed by atoms with Gasteiger partial charge in [-0.15, -0.1) is 0 Å². The molecule has 84 valence electrons. The molecule has 1 aromatic carbocycles. The van der Waals surface area contributed by atoms with E-state index in [1.807, 2.05) is 0 Å². The standard InChI is InChI=1S/C12H12O4/c1-8(12(15)16-2)11(14)10-6-4-3-5-9(10)7-13/h3-7,11,14H,1H2,2H3. The van der Waals surface area contributed by atoms with Crippen LogP contribution in [0.15, 0.2) is 36.4 Å². The summed E-state index contributed by atoms with van der Waals surface area (Å²) in [4.78, 5) is 21.9. The van der Waals surface area contributed by atoms with E-state index in [2.05, 4.69) is 11.3 Å². The lowest BCUT2D eigenvalue weighted by atomic mass is 9.98. The molecule has 0 amide bonds. The van der Waals surface area contributed by atoms with Gasteiger partial charge in [0.2, 0.25) is 0 Å². The van der Waals surface area contributed by atoms with Crippen LogP contribution >= 0.6 is 0 Å². The van der Waals surface area contributed by atoms with Crippen LogP contribution in [0.1, 0.15) is 22.0 Å². The van der Waals surface area contributed by atoms with Crippen LogP contribution in [0.5, 0.6) is 0 Å². The zero-order valence-electron chi connectivity index (χ0n) is 8.84. The highest BCUT2D eigenvalue weighted by Gasteiger charge is 2.20. The molecular formula is C12H12O4. The second-order valence-electron chi connectivity index (χ2n) is 3.17. The number of hydrogen-bond donors (Lipinski definition) is 1. The van der Waals surface area contributed by atoms with Crippen LogP contribution in [0.25, 0.3) is 0 Å². The number of carbonyl (C=O) groups is 2. The van der Waals surface area contributed by atoms with Crippen molar-refractivity contribution in [3.05, 3.63) is 47.5 Å². The van der Waals surface area contributed by atoms with E-state index in [4.69, 9.17) is 0 Å². The number of benzene rings is 1. The predicted molar refractivity (Wildman–Crippen MR) is 57.9 cm³/mol. The van der Waals surface area contributed by atoms with E-state index >= 15 is 0 Å². The minimum absolute atomic E-state index is 0.100. The van der Waals surface area contributed by atoms with Gasteiger partial charge < -0.3 is 9.84 Å². The third-order valence-electron chi connectivity index (χ3n) is 2.20. The van der Waals surface area contributed by atoms with Gasteiger partial charge in [0.25, 0.3) is 0 Å². The molecule has 0 saturated carbocycles. The largest absolute Gasteiger partial charge is 0.466 e. The second-order valence-corrected chi connectivity index (χ2v) is 3.17. The summed E-state index contributed by atoms with van der Waals surface area (Å²) in [6, 6.07) is 6.44. The summed E-state index contributed by atoms with van der Waals surface area (Å²) < 4.78 is 4.44. The first-order chi connectivity index (χ1) is 7.61. The Morgan fingerprint density at radius 1 is 1.50 bits per heavy atom. The molecule has 0 aliphatic carbocycles. The summed E-state index contributed by atoms with van der Waals surface area (Å²) >= 11 is 0. The van der Waals surface area contributed by atoms with Crippen LogP contribution in [-0.4, -0.2) is 24.5 Å². The highest BCUT2D eigenvalue weighted by atomic mass is 16.5. The molecule has 1 unspecified atom stereocenters. The number of aldehydes is 1. The molecule has 1 atom stereocenters. The topological polar surface area (TPSA) is 63.6 Å². The maximum Gasteiger partial charge on any atom is 0.336 e. The molecular weight excluding hydrogens is 208 g/mol. The average molecular weight is 220 g/mol. The predicted octanol–water partition coefficient (Wildman–Crippen LogP) is 1.26. The average Bonchev–Trinajstić information content (AvgIpc) is 2.35. The van der Waals surface area contributed by atoms with Gasteiger partial charge in [-0.3, -0.25) is 4.79 Å². The van der Waals surface area contributed by atoms with Crippen molar-refractivity contribution in [1.29, 1.82) is 0 Å². The fourth-order valence-corrected chi connectivity index (χ4v) is 1.30. The van der Waals surface area contributed by atoms with Crippen molar-refractivity contribution in [2.75, 3.05) is 7.11 Å². The summed E-state index contributed by atoms with van der Waals surface area (Å²) in [6.45, 7) is 3.44. The maximum absolute atomic E-state index is 11.2. The van der Waals surface area contributed by atoms with Gasteiger partial charge in [0.15, 0.2) is 0 Å². The van der Waals surface area contributed by atoms with Gasteiger partial charge in [0, 0.05) is 5.56 Å². The molecule has 0 aliphatic heterocycles. The fraction of sp³-hybridized carbons (Fsp3) is 0.167. The lowest BCUT2D eigenvalue weighted by Crippen LogP contribution is -2.13. The zero-order chi connectivity index (χ0) is 12.1. The highest BCUT2D eigenvalue weighted by molar-refractivity contribution is 5.90. The first-order valence-electron chi connectivity index (χ1n) is 4.61. The molecule has 0 fully saturated rings. The lowest BCUT2D eigenvalue weighted by Gasteiger charge is -2.13. The van der Waals surface area contributed by atoms with Gasteiger partial charge in [0.1, 0.15) is 12.4 Å². The number of rotatable bonds is 4. The molecule has 0 radical (unpaired) electrons. The van der Waals surface area contributed by atoms with Crippen molar-refractivity contribution in [3.8, 4) is 0 Å². The van der Waals surface area contributed by atoms with E-state index in [9.17, 15) is 14.7 Å². The molecule has 4 nitrogen and oxygen atoms in total. The van der Waals surface area contributed by atoms with Crippen LogP contribution in [0.3, 0.4) is 0 Å². The first-order valence-corrected chi connectivity index (χ1v) is 4.61. The molecule has 1 N–H and O–H groups in total. The number of methoxy groups -OCH3 is 1. The summed E-state index contributed by atoms with van der Waals surface area (Å²) in [7, 11) is 1.20. The number of hydrogen-bond acceptors (Lipinski definition) is 4. The number of carbonyl (C=O) groups excluding carboxylic acids is 2. The molecule has 1 aromatic rings. The zero-order valence-corrected chi connectivity index (χ0v) is 8.84. The minimum Gasteiger partial charge on any atom is -0.466 e. The summed E-state index contributed by atoms with van der Waals surface area (Å²) in [5.74, 6) is -0.701. The quantitative estimate of drug-likeness (QED) is 0.471. The van der Waals surface area contributed by atoms with Crippen molar-refractivity contribution in [1.82, 2.24) is 0 Å². The number of aliphatic hydroxyl groups is 1. The Bertz CT molecular complexity index is 423. The van der Waals surface area contributed by atoms with Crippen LogP contribution < -0.4 is 0 Å². The van der Waals surface area contributed by atoms with Crippen molar-refractivity contribution in [2.24, 2.45) is 0 Å². The van der Waals surface area contributed by atoms with Gasteiger partial charge in [0.05, 0.1) is 12.7 Å². The van der Waals surface area contributed by atoms with E-state index in [-0.39, 0.29) is 5.57 Å². The molecule has 0 heterocycles. The van der Waals surface area contributed by atoms with Gasteiger partial charge in [-0.05, 0) is 5.56 Å². The Morgan fingerprint density at radius 2 is 2.12 bits per heavy atom. The Morgan fingerprint density at radius 3 is 2.69 bits per heavy atom. The van der Waals surface area contributed by atoms with Crippen molar-refractivity contribution in [2.45, 2.75) is 6.10 Å². The van der Waals surface area contributed by atoms with Crippen LogP contribution in [0.4, 0.5) is 0 Å². The third kappa shape index (κ3) is 2.35. The maximum atomic E-state index is 11.2. The molecule has 0 spiro atoms.